The van der Waals surface area contributed by atoms with Crippen LogP contribution in [0.2, 0.25) is 0 Å². The van der Waals surface area contributed by atoms with Crippen LogP contribution in [0.25, 0.3) is 0 Å². The maximum absolute atomic E-state index is 11.4. The number of thioether (sulfide) groups is 1. The number of amides is 2. The van der Waals surface area contributed by atoms with Gasteiger partial charge in [-0.15, -0.1) is 0 Å². The summed E-state index contributed by atoms with van der Waals surface area (Å²) in [6.07, 6.45) is 2.30. The van der Waals surface area contributed by atoms with E-state index in [-0.39, 0.29) is 11.3 Å². The number of urea groups is 1. The molecule has 0 aliphatic carbocycles. The SMILES string of the molecule is CCC(CC)(CNC(=O)NC[C@H](O)C(=O)O)SC. The van der Waals surface area contributed by atoms with Crippen molar-refractivity contribution in [3.05, 3.63) is 0 Å². The molecule has 18 heavy (non-hydrogen) atoms. The molecule has 0 bridgehead atoms. The predicted molar refractivity (Wildman–Crippen MR) is 71.9 cm³/mol. The van der Waals surface area contributed by atoms with Crippen LogP contribution in [0.4, 0.5) is 4.79 Å². The standard InChI is InChI=1S/C11H22N2O4S/c1-4-11(5-2,18-3)7-13-10(17)12-6-8(14)9(15)16/h8,14H,4-7H2,1-3H3,(H,15,16)(H2,12,13,17)/t8-/m0/s1. The Balaban J connectivity index is 4.06. The molecule has 2 amide bonds. The van der Waals surface area contributed by atoms with E-state index in [1.807, 2.05) is 6.26 Å². The first kappa shape index (κ1) is 17.1. The van der Waals surface area contributed by atoms with Gasteiger partial charge >= 0.3 is 12.0 Å². The van der Waals surface area contributed by atoms with Crippen molar-refractivity contribution in [1.82, 2.24) is 10.6 Å². The lowest BCUT2D eigenvalue weighted by Gasteiger charge is -2.29. The van der Waals surface area contributed by atoms with Crippen LogP contribution in [0, 0.1) is 0 Å². The molecule has 0 aromatic carbocycles. The summed E-state index contributed by atoms with van der Waals surface area (Å²) in [4.78, 5) is 21.8. The molecule has 7 heteroatoms. The van der Waals surface area contributed by atoms with Gasteiger partial charge in [-0.25, -0.2) is 9.59 Å². The van der Waals surface area contributed by atoms with E-state index >= 15 is 0 Å². The third kappa shape index (κ3) is 5.59. The zero-order valence-corrected chi connectivity index (χ0v) is 11.8. The molecule has 0 aromatic rings. The predicted octanol–water partition coefficient (Wildman–Crippen LogP) is 0.653. The number of aliphatic hydroxyl groups excluding tert-OH is 1. The number of nitrogens with one attached hydrogen (secondary N) is 2. The second-order valence-electron chi connectivity index (χ2n) is 4.01. The van der Waals surface area contributed by atoms with Gasteiger partial charge in [-0.2, -0.15) is 11.8 Å². The van der Waals surface area contributed by atoms with Crippen molar-refractivity contribution < 1.29 is 19.8 Å². The summed E-state index contributed by atoms with van der Waals surface area (Å²) in [5, 5.41) is 22.5. The molecule has 0 radical (unpaired) electrons. The summed E-state index contributed by atoms with van der Waals surface area (Å²) in [5.74, 6) is -1.35. The Bertz CT molecular complexity index is 274. The van der Waals surface area contributed by atoms with Crippen molar-refractivity contribution >= 4 is 23.8 Å². The van der Waals surface area contributed by atoms with Crippen molar-refractivity contribution in [2.75, 3.05) is 19.3 Å². The van der Waals surface area contributed by atoms with Crippen molar-refractivity contribution in [2.45, 2.75) is 37.5 Å². The Labute approximate surface area is 112 Å². The number of carboxylic acids is 1. The zero-order chi connectivity index (χ0) is 14.2. The topological polar surface area (TPSA) is 98.7 Å². The van der Waals surface area contributed by atoms with Crippen LogP contribution in [0.3, 0.4) is 0 Å². The first-order valence-corrected chi connectivity index (χ1v) is 7.11. The molecular weight excluding hydrogens is 256 g/mol. The molecule has 0 saturated carbocycles. The van der Waals surface area contributed by atoms with Gasteiger partial charge in [0.25, 0.3) is 0 Å². The highest BCUT2D eigenvalue weighted by atomic mass is 32.2. The average Bonchev–Trinajstić information content (AvgIpc) is 2.38. The lowest BCUT2D eigenvalue weighted by atomic mass is 10.0. The molecule has 0 aliphatic rings. The van der Waals surface area contributed by atoms with Crippen molar-refractivity contribution in [1.29, 1.82) is 0 Å². The summed E-state index contributed by atoms with van der Waals surface area (Å²) in [6.45, 7) is 4.34. The second-order valence-corrected chi connectivity index (χ2v) is 5.29. The normalized spacial score (nSPS) is 12.9. The molecule has 0 rings (SSSR count). The molecule has 0 fully saturated rings. The number of aliphatic carboxylic acids is 1. The molecule has 0 spiro atoms. The Morgan fingerprint density at radius 1 is 1.28 bits per heavy atom. The first-order chi connectivity index (χ1) is 8.40. The number of hydrogen-bond acceptors (Lipinski definition) is 4. The van der Waals surface area contributed by atoms with E-state index in [0.717, 1.165) is 12.8 Å². The van der Waals surface area contributed by atoms with Gasteiger partial charge in [-0.05, 0) is 19.1 Å². The average molecular weight is 278 g/mol. The van der Waals surface area contributed by atoms with Crippen LogP contribution < -0.4 is 10.6 Å². The maximum atomic E-state index is 11.4. The van der Waals surface area contributed by atoms with E-state index < -0.39 is 18.1 Å². The van der Waals surface area contributed by atoms with E-state index in [1.54, 1.807) is 11.8 Å². The van der Waals surface area contributed by atoms with E-state index in [1.165, 1.54) is 0 Å². The van der Waals surface area contributed by atoms with Gasteiger partial charge in [0.05, 0.1) is 6.54 Å². The number of carboxylic acid groups (broad SMARTS) is 1. The molecule has 0 saturated heterocycles. The fourth-order valence-electron chi connectivity index (χ4n) is 1.44. The smallest absolute Gasteiger partial charge is 0.334 e. The molecule has 0 heterocycles. The minimum atomic E-state index is -1.57. The van der Waals surface area contributed by atoms with Crippen molar-refractivity contribution in [2.24, 2.45) is 0 Å². The third-order valence-corrected chi connectivity index (χ3v) is 4.62. The quantitative estimate of drug-likeness (QED) is 0.522. The summed E-state index contributed by atoms with van der Waals surface area (Å²) in [5.41, 5.74) is 0. The maximum Gasteiger partial charge on any atom is 0.334 e. The molecule has 106 valence electrons. The van der Waals surface area contributed by atoms with Gasteiger partial charge in [-0.1, -0.05) is 13.8 Å². The van der Waals surface area contributed by atoms with Crippen LogP contribution >= 0.6 is 11.8 Å². The summed E-state index contributed by atoms with van der Waals surface area (Å²) < 4.78 is 0.00273. The van der Waals surface area contributed by atoms with E-state index in [2.05, 4.69) is 24.5 Å². The molecule has 0 aromatic heterocycles. The van der Waals surface area contributed by atoms with Gasteiger partial charge in [-0.3, -0.25) is 0 Å². The Kier molecular flexibility index (Phi) is 7.77. The molecule has 0 aliphatic heterocycles. The van der Waals surface area contributed by atoms with E-state index in [4.69, 9.17) is 10.2 Å². The molecular formula is C11H22N2O4S. The fraction of sp³-hybridized carbons (Fsp3) is 0.818. The van der Waals surface area contributed by atoms with Crippen LogP contribution in [0.5, 0.6) is 0 Å². The van der Waals surface area contributed by atoms with Crippen molar-refractivity contribution in [3.8, 4) is 0 Å². The molecule has 6 nitrogen and oxygen atoms in total. The van der Waals surface area contributed by atoms with Crippen LogP contribution in [-0.2, 0) is 4.79 Å². The van der Waals surface area contributed by atoms with Gasteiger partial charge in [0.1, 0.15) is 0 Å². The van der Waals surface area contributed by atoms with Gasteiger partial charge in [0.15, 0.2) is 6.10 Å². The zero-order valence-electron chi connectivity index (χ0n) is 11.0. The highest BCUT2D eigenvalue weighted by Gasteiger charge is 2.25. The minimum absolute atomic E-state index is 0.00273. The Morgan fingerprint density at radius 2 is 1.83 bits per heavy atom. The lowest BCUT2D eigenvalue weighted by Crippen LogP contribution is -2.46. The lowest BCUT2D eigenvalue weighted by molar-refractivity contribution is -0.146. The molecule has 0 unspecified atom stereocenters. The van der Waals surface area contributed by atoms with Gasteiger partial charge in [0, 0.05) is 11.3 Å². The Hall–Kier alpha value is -0.950. The third-order valence-electron chi connectivity index (χ3n) is 3.03. The number of hydrogen-bond donors (Lipinski definition) is 4. The number of carbonyl (C=O) groups excluding carboxylic acids is 1. The van der Waals surface area contributed by atoms with Crippen LogP contribution in [-0.4, -0.2) is 52.4 Å². The van der Waals surface area contributed by atoms with Crippen molar-refractivity contribution in [3.63, 3.8) is 0 Å². The second kappa shape index (κ2) is 8.20. The van der Waals surface area contributed by atoms with Gasteiger partial charge < -0.3 is 20.8 Å². The fourth-order valence-corrected chi connectivity index (χ4v) is 2.24. The molecule has 1 atom stereocenters. The highest BCUT2D eigenvalue weighted by Crippen LogP contribution is 2.29. The first-order valence-electron chi connectivity index (χ1n) is 5.88. The van der Waals surface area contributed by atoms with Crippen LogP contribution in [0.15, 0.2) is 0 Å². The highest BCUT2D eigenvalue weighted by molar-refractivity contribution is 8.00. The largest absolute Gasteiger partial charge is 0.479 e. The summed E-state index contributed by atoms with van der Waals surface area (Å²) in [6, 6.07) is -0.462. The van der Waals surface area contributed by atoms with E-state index in [9.17, 15) is 9.59 Å². The molecule has 4 N–H and O–H groups in total. The van der Waals surface area contributed by atoms with Crippen LogP contribution in [0.1, 0.15) is 26.7 Å². The number of carbonyl (C=O) groups is 2. The summed E-state index contributed by atoms with van der Waals surface area (Å²) >= 11 is 1.70. The van der Waals surface area contributed by atoms with E-state index in [0.29, 0.717) is 6.54 Å². The Morgan fingerprint density at radius 3 is 2.22 bits per heavy atom. The number of rotatable bonds is 8. The number of aliphatic hydroxyl groups is 1. The van der Waals surface area contributed by atoms with Gasteiger partial charge in [0.2, 0.25) is 0 Å². The monoisotopic (exact) mass is 278 g/mol. The summed E-state index contributed by atoms with van der Waals surface area (Å²) in [7, 11) is 0. The minimum Gasteiger partial charge on any atom is -0.479 e.